The standard InChI is InChI=1S/C53H92O16/c1-7-10-13-16-22-31-44(54)62-36-25-19-28-39-65-49(59)42-53(69-48(58)35-34-47(57)68-52(4,5)6,51(61)67-41-30-21-27-38-64-46(56)33-24-18-15-12-9-3)43-50(60)66-40-29-20-26-37-63-45(55)32-23-17-14-11-8-2/h7-43H2,1-6H3. The Balaban J connectivity index is 5.68. The van der Waals surface area contributed by atoms with Crippen LogP contribution in [-0.2, 0) is 76.3 Å². The summed E-state index contributed by atoms with van der Waals surface area (Å²) in [4.78, 5) is 103. The van der Waals surface area contributed by atoms with Crippen LogP contribution < -0.4 is 0 Å². The second kappa shape index (κ2) is 42.6. The maximum absolute atomic E-state index is 14.0. The van der Waals surface area contributed by atoms with E-state index in [0.29, 0.717) is 77.0 Å². The quantitative estimate of drug-likeness (QED) is 0.0315. The SMILES string of the molecule is CCCCCCCC(=O)OCCCCCOC(=O)CC(CC(=O)OCCCCCOC(=O)CCCCCCC)(OC(=O)CCC(=O)OC(C)(C)C)C(=O)OCCCCCOC(=O)CCCCCCC. The zero-order valence-electron chi connectivity index (χ0n) is 43.7. The van der Waals surface area contributed by atoms with Crippen LogP contribution in [0.25, 0.3) is 0 Å². The van der Waals surface area contributed by atoms with E-state index in [1.165, 1.54) is 0 Å². The van der Waals surface area contributed by atoms with Gasteiger partial charge in [-0.2, -0.15) is 0 Å². The molecule has 0 fully saturated rings. The van der Waals surface area contributed by atoms with E-state index in [-0.39, 0.29) is 57.5 Å². The Labute approximate surface area is 414 Å². The van der Waals surface area contributed by atoms with Gasteiger partial charge in [0.2, 0.25) is 5.60 Å². The van der Waals surface area contributed by atoms with Gasteiger partial charge in [-0.3, -0.25) is 33.6 Å². The van der Waals surface area contributed by atoms with Gasteiger partial charge in [-0.05, 0) is 97.8 Å². The fourth-order valence-corrected chi connectivity index (χ4v) is 6.96. The summed E-state index contributed by atoms with van der Waals surface area (Å²) in [5.74, 6) is -5.57. The molecule has 16 nitrogen and oxygen atoms in total. The van der Waals surface area contributed by atoms with Crippen LogP contribution in [0.4, 0.5) is 0 Å². The summed E-state index contributed by atoms with van der Waals surface area (Å²) >= 11 is 0. The van der Waals surface area contributed by atoms with Crippen LogP contribution >= 0.6 is 0 Å². The van der Waals surface area contributed by atoms with Crippen molar-refractivity contribution < 1.29 is 76.3 Å². The van der Waals surface area contributed by atoms with E-state index in [1.807, 2.05) is 0 Å². The summed E-state index contributed by atoms with van der Waals surface area (Å²) in [6.07, 6.45) is 18.1. The molecule has 0 heterocycles. The molecule has 0 rings (SSSR count). The fourth-order valence-electron chi connectivity index (χ4n) is 6.96. The highest BCUT2D eigenvalue weighted by molar-refractivity contribution is 5.92. The first-order valence-electron chi connectivity index (χ1n) is 26.5. The van der Waals surface area contributed by atoms with Crippen molar-refractivity contribution in [3.05, 3.63) is 0 Å². The lowest BCUT2D eigenvalue weighted by molar-refractivity contribution is -0.192. The van der Waals surface area contributed by atoms with Gasteiger partial charge in [0.15, 0.2) is 0 Å². The average Bonchev–Trinajstić information content (AvgIpc) is 3.29. The molecule has 0 radical (unpaired) electrons. The zero-order chi connectivity index (χ0) is 51.4. The Hall–Kier alpha value is -4.24. The van der Waals surface area contributed by atoms with Crippen LogP contribution in [0.3, 0.4) is 0 Å². The number of carbonyl (C=O) groups excluding carboxylic acids is 8. The van der Waals surface area contributed by atoms with E-state index in [0.717, 1.165) is 96.3 Å². The molecule has 0 saturated heterocycles. The van der Waals surface area contributed by atoms with Gasteiger partial charge in [0.25, 0.3) is 0 Å². The molecule has 0 aliphatic rings. The minimum atomic E-state index is -2.50. The summed E-state index contributed by atoms with van der Waals surface area (Å²) in [7, 11) is 0. The minimum absolute atomic E-state index is 0.0654. The van der Waals surface area contributed by atoms with Gasteiger partial charge in [0.05, 0.1) is 65.3 Å². The van der Waals surface area contributed by atoms with Gasteiger partial charge < -0.3 is 37.9 Å². The lowest BCUT2D eigenvalue weighted by Gasteiger charge is -2.30. The van der Waals surface area contributed by atoms with Gasteiger partial charge >= 0.3 is 47.8 Å². The van der Waals surface area contributed by atoms with E-state index in [4.69, 9.17) is 37.9 Å². The van der Waals surface area contributed by atoms with E-state index in [2.05, 4.69) is 20.8 Å². The maximum atomic E-state index is 14.0. The van der Waals surface area contributed by atoms with E-state index < -0.39 is 66.7 Å². The Morgan fingerprint density at radius 1 is 0.290 bits per heavy atom. The molecule has 0 atom stereocenters. The Bertz CT molecular complexity index is 1370. The van der Waals surface area contributed by atoms with Gasteiger partial charge in [-0.1, -0.05) is 97.8 Å². The predicted molar refractivity (Wildman–Crippen MR) is 261 cm³/mol. The van der Waals surface area contributed by atoms with Gasteiger partial charge in [-0.15, -0.1) is 0 Å². The molecule has 0 aromatic heterocycles. The predicted octanol–water partition coefficient (Wildman–Crippen LogP) is 11.0. The molecule has 0 aromatic rings. The van der Waals surface area contributed by atoms with Crippen molar-refractivity contribution in [2.75, 3.05) is 39.6 Å². The highest BCUT2D eigenvalue weighted by Gasteiger charge is 2.49. The number of unbranched alkanes of at least 4 members (excludes halogenated alkanes) is 18. The minimum Gasteiger partial charge on any atom is -0.466 e. The molecule has 400 valence electrons. The molecule has 0 unspecified atom stereocenters. The summed E-state index contributed by atoms with van der Waals surface area (Å²) < 4.78 is 43.4. The second-order valence-electron chi connectivity index (χ2n) is 18.8. The first-order chi connectivity index (χ1) is 33.1. The highest BCUT2D eigenvalue weighted by Crippen LogP contribution is 2.27. The van der Waals surface area contributed by atoms with Gasteiger partial charge in [-0.25, -0.2) is 4.79 Å². The number of hydrogen-bond acceptors (Lipinski definition) is 16. The fraction of sp³-hybridized carbons (Fsp3) is 0.849. The second-order valence-corrected chi connectivity index (χ2v) is 18.8. The van der Waals surface area contributed by atoms with Crippen LogP contribution in [0.2, 0.25) is 0 Å². The first-order valence-corrected chi connectivity index (χ1v) is 26.5. The lowest BCUT2D eigenvalue weighted by atomic mass is 9.94. The zero-order valence-corrected chi connectivity index (χ0v) is 43.7. The molecule has 0 spiro atoms. The third-order valence-electron chi connectivity index (χ3n) is 10.9. The summed E-state index contributed by atoms with van der Waals surface area (Å²) in [5, 5.41) is 0. The number of ether oxygens (including phenoxy) is 8. The van der Waals surface area contributed by atoms with Crippen LogP contribution in [0.1, 0.15) is 241 Å². The van der Waals surface area contributed by atoms with Crippen molar-refractivity contribution >= 4 is 47.8 Å². The molecular formula is C53H92O16. The monoisotopic (exact) mass is 985 g/mol. The average molecular weight is 985 g/mol. The van der Waals surface area contributed by atoms with E-state index in [1.54, 1.807) is 20.8 Å². The van der Waals surface area contributed by atoms with Crippen molar-refractivity contribution in [1.29, 1.82) is 0 Å². The molecule has 0 aliphatic carbocycles. The molecule has 0 bridgehead atoms. The summed E-state index contributed by atoms with van der Waals surface area (Å²) in [5.41, 5.74) is -3.32. The first kappa shape index (κ1) is 64.8. The van der Waals surface area contributed by atoms with Crippen LogP contribution in [0.5, 0.6) is 0 Å². The molecule has 16 heteroatoms. The third-order valence-corrected chi connectivity index (χ3v) is 10.9. The van der Waals surface area contributed by atoms with Gasteiger partial charge in [0.1, 0.15) is 5.60 Å². The Morgan fingerprint density at radius 3 is 0.884 bits per heavy atom. The Kier molecular flexibility index (Phi) is 40.0. The summed E-state index contributed by atoms with van der Waals surface area (Å²) in [6.45, 7) is 11.8. The van der Waals surface area contributed by atoms with E-state index in [9.17, 15) is 38.4 Å². The van der Waals surface area contributed by atoms with Crippen molar-refractivity contribution in [3.8, 4) is 0 Å². The van der Waals surface area contributed by atoms with Crippen LogP contribution in [0, 0.1) is 0 Å². The molecule has 0 amide bonds. The Morgan fingerprint density at radius 2 is 0.565 bits per heavy atom. The van der Waals surface area contributed by atoms with Crippen molar-refractivity contribution in [2.45, 2.75) is 252 Å². The third kappa shape index (κ3) is 40.2. The smallest absolute Gasteiger partial charge is 0.351 e. The molecule has 69 heavy (non-hydrogen) atoms. The highest BCUT2D eigenvalue weighted by atomic mass is 16.6. The molecule has 0 N–H and O–H groups in total. The molecular weight excluding hydrogens is 893 g/mol. The number of rotatable bonds is 45. The van der Waals surface area contributed by atoms with E-state index >= 15 is 0 Å². The number of hydrogen-bond donors (Lipinski definition) is 0. The maximum Gasteiger partial charge on any atom is 0.351 e. The molecule has 0 aliphatic heterocycles. The largest absolute Gasteiger partial charge is 0.466 e. The van der Waals surface area contributed by atoms with Crippen molar-refractivity contribution in [3.63, 3.8) is 0 Å². The van der Waals surface area contributed by atoms with Crippen molar-refractivity contribution in [2.24, 2.45) is 0 Å². The number of esters is 8. The lowest BCUT2D eigenvalue weighted by Crippen LogP contribution is -2.49. The topological polar surface area (TPSA) is 210 Å². The van der Waals surface area contributed by atoms with Crippen LogP contribution in [-0.4, -0.2) is 98.6 Å². The number of carbonyl (C=O) groups is 8. The molecule has 0 aromatic carbocycles. The normalized spacial score (nSPS) is 11.3. The van der Waals surface area contributed by atoms with Crippen molar-refractivity contribution in [1.82, 2.24) is 0 Å². The molecule has 0 saturated carbocycles. The summed E-state index contributed by atoms with van der Waals surface area (Å²) in [6, 6.07) is 0. The van der Waals surface area contributed by atoms with Crippen LogP contribution in [0.15, 0.2) is 0 Å². The van der Waals surface area contributed by atoms with Gasteiger partial charge in [0, 0.05) is 19.3 Å².